The molecule has 0 unspecified atom stereocenters. The van der Waals surface area contributed by atoms with Crippen LogP contribution in [0.25, 0.3) is 0 Å². The Balaban J connectivity index is 1.35. The fourth-order valence-corrected chi connectivity index (χ4v) is 9.75. The smallest absolute Gasteiger partial charge is 0.186 e. The molecule has 0 aromatic carbocycles. The number of aliphatic hydroxyl groups is 8. The molecule has 1 saturated heterocycles. The molecular formula is C33H54O11. The molecule has 5 rings (SSSR count). The lowest BCUT2D eigenvalue weighted by Gasteiger charge is -2.60. The lowest BCUT2D eigenvalue weighted by molar-refractivity contribution is -0.315. The van der Waals surface area contributed by atoms with Crippen LogP contribution in [0.1, 0.15) is 92.4 Å². The van der Waals surface area contributed by atoms with E-state index < -0.39 is 89.0 Å². The molecule has 4 aliphatic carbocycles. The SMILES string of the molecule is CC(C)(O)CC[C@@H](O)[C@](C)(O)[C@H]1CC[C@@]2(O)C3=CC(=O)[C@@H]4C[C@@H](O[C@@H]5O[C@H](CO)[C@@H](O)[C@H](O)[C@H]5O)CC[C@]4(C)[C@H]3CC[C@]12C. The van der Waals surface area contributed by atoms with Crippen LogP contribution >= 0.6 is 0 Å². The van der Waals surface area contributed by atoms with Crippen LogP contribution in [-0.4, -0.2) is 113 Å². The molecule has 14 atom stereocenters. The molecule has 252 valence electrons. The molecule has 1 heterocycles. The van der Waals surface area contributed by atoms with Crippen LogP contribution in [0.2, 0.25) is 0 Å². The first-order chi connectivity index (χ1) is 20.3. The largest absolute Gasteiger partial charge is 0.394 e. The van der Waals surface area contributed by atoms with Crippen molar-refractivity contribution in [2.75, 3.05) is 6.61 Å². The van der Waals surface area contributed by atoms with Gasteiger partial charge in [-0.05, 0) is 107 Å². The van der Waals surface area contributed by atoms with Gasteiger partial charge in [0.1, 0.15) is 24.4 Å². The van der Waals surface area contributed by atoms with Gasteiger partial charge in [0.2, 0.25) is 0 Å². The molecule has 0 bridgehead atoms. The van der Waals surface area contributed by atoms with Crippen molar-refractivity contribution >= 4 is 5.78 Å². The van der Waals surface area contributed by atoms with E-state index in [2.05, 4.69) is 6.92 Å². The Kier molecular flexibility index (Phi) is 9.06. The van der Waals surface area contributed by atoms with Gasteiger partial charge >= 0.3 is 0 Å². The first-order valence-electron chi connectivity index (χ1n) is 16.4. The summed E-state index contributed by atoms with van der Waals surface area (Å²) < 4.78 is 11.6. The highest BCUT2D eigenvalue weighted by molar-refractivity contribution is 5.95. The monoisotopic (exact) mass is 626 g/mol. The minimum atomic E-state index is -1.54. The molecular weight excluding hydrogens is 572 g/mol. The summed E-state index contributed by atoms with van der Waals surface area (Å²) in [7, 11) is 0. The summed E-state index contributed by atoms with van der Waals surface area (Å²) in [5, 5.41) is 85.7. The third-order valence-electron chi connectivity index (χ3n) is 12.6. The Morgan fingerprint density at radius 3 is 2.32 bits per heavy atom. The summed E-state index contributed by atoms with van der Waals surface area (Å²) in [4.78, 5) is 13.8. The van der Waals surface area contributed by atoms with Gasteiger partial charge in [-0.25, -0.2) is 0 Å². The normalized spacial score (nSPS) is 48.1. The third kappa shape index (κ3) is 5.42. The van der Waals surface area contributed by atoms with Crippen molar-refractivity contribution in [3.63, 3.8) is 0 Å². The molecule has 11 nitrogen and oxygen atoms in total. The molecule has 0 amide bonds. The Morgan fingerprint density at radius 2 is 1.68 bits per heavy atom. The number of allylic oxidation sites excluding steroid dienone is 1. The number of fused-ring (bicyclic) bond motifs is 5. The maximum absolute atomic E-state index is 13.8. The van der Waals surface area contributed by atoms with Gasteiger partial charge in [-0.3, -0.25) is 4.79 Å². The first kappa shape index (κ1) is 34.3. The van der Waals surface area contributed by atoms with Crippen molar-refractivity contribution in [1.82, 2.24) is 0 Å². The highest BCUT2D eigenvalue weighted by Gasteiger charge is 2.69. The summed E-state index contributed by atoms with van der Waals surface area (Å²) in [5.74, 6) is -0.960. The predicted molar refractivity (Wildman–Crippen MR) is 158 cm³/mol. The zero-order chi connectivity index (χ0) is 32.6. The molecule has 44 heavy (non-hydrogen) atoms. The van der Waals surface area contributed by atoms with Gasteiger partial charge in [0.25, 0.3) is 0 Å². The quantitative estimate of drug-likeness (QED) is 0.189. The van der Waals surface area contributed by atoms with Crippen molar-refractivity contribution in [3.05, 3.63) is 11.6 Å². The van der Waals surface area contributed by atoms with E-state index in [9.17, 15) is 45.6 Å². The van der Waals surface area contributed by atoms with Crippen molar-refractivity contribution in [3.8, 4) is 0 Å². The number of rotatable bonds is 8. The third-order valence-corrected chi connectivity index (χ3v) is 12.6. The van der Waals surface area contributed by atoms with Crippen LogP contribution in [0.4, 0.5) is 0 Å². The molecule has 11 heteroatoms. The second kappa shape index (κ2) is 11.6. The number of hydrogen-bond donors (Lipinski definition) is 8. The molecule has 8 N–H and O–H groups in total. The van der Waals surface area contributed by atoms with E-state index in [0.717, 1.165) is 12.0 Å². The number of ether oxygens (including phenoxy) is 2. The topological polar surface area (TPSA) is 197 Å². The summed E-state index contributed by atoms with van der Waals surface area (Å²) in [6, 6.07) is 0. The number of carbonyl (C=O) groups is 1. The van der Waals surface area contributed by atoms with Crippen molar-refractivity contribution < 1.29 is 55.1 Å². The highest BCUT2D eigenvalue weighted by Crippen LogP contribution is 2.68. The van der Waals surface area contributed by atoms with E-state index in [1.54, 1.807) is 26.8 Å². The number of carbonyl (C=O) groups excluding carboxylic acids is 1. The zero-order valence-electron chi connectivity index (χ0n) is 26.7. The highest BCUT2D eigenvalue weighted by atomic mass is 16.7. The fraction of sp³-hybridized carbons (Fsp3) is 0.909. The zero-order valence-corrected chi connectivity index (χ0v) is 26.7. The molecule has 3 saturated carbocycles. The molecule has 0 aromatic heterocycles. The van der Waals surface area contributed by atoms with Gasteiger partial charge in [-0.2, -0.15) is 0 Å². The predicted octanol–water partition coefficient (Wildman–Crippen LogP) is 0.707. The fourth-order valence-electron chi connectivity index (χ4n) is 9.75. The summed E-state index contributed by atoms with van der Waals surface area (Å²) >= 11 is 0. The second-order valence-electron chi connectivity index (χ2n) is 15.8. The molecule has 0 spiro atoms. The van der Waals surface area contributed by atoms with Crippen LogP contribution < -0.4 is 0 Å². The van der Waals surface area contributed by atoms with Gasteiger partial charge in [-0.15, -0.1) is 0 Å². The van der Waals surface area contributed by atoms with Gasteiger partial charge in [0.15, 0.2) is 12.1 Å². The Morgan fingerprint density at radius 1 is 1.00 bits per heavy atom. The van der Waals surface area contributed by atoms with E-state index in [4.69, 9.17) is 9.47 Å². The van der Waals surface area contributed by atoms with E-state index in [1.807, 2.05) is 6.92 Å². The summed E-state index contributed by atoms with van der Waals surface area (Å²) in [6.07, 6.45) is -2.51. The van der Waals surface area contributed by atoms with Crippen molar-refractivity contribution in [2.45, 2.75) is 152 Å². The standard InChI is InChI=1S/C33H54O11/c1-29(2,40)10-9-24(36)32(5,41)23-8-13-33(42)19-15-21(35)20-14-17(6-11-30(20,3)18(19)7-12-31(23,33)4)43-28-27(39)26(38)25(37)22(16-34)44-28/h15,17-18,20,22-28,34,36-42H,6-14,16H2,1-5H3/t17-,18-,20-,22+,23-,24+,25+,26-,27+,28+,30+,31+,32+,33+/m0/s1. The van der Waals surface area contributed by atoms with Crippen LogP contribution in [-0.2, 0) is 14.3 Å². The first-order valence-corrected chi connectivity index (χ1v) is 16.4. The molecule has 5 aliphatic rings. The lowest BCUT2D eigenvalue weighted by atomic mass is 9.46. The second-order valence-corrected chi connectivity index (χ2v) is 15.8. The van der Waals surface area contributed by atoms with Gasteiger partial charge in [0, 0.05) is 11.3 Å². The van der Waals surface area contributed by atoms with Crippen molar-refractivity contribution in [2.24, 2.45) is 28.6 Å². The summed E-state index contributed by atoms with van der Waals surface area (Å²) in [6.45, 7) is 8.49. The Hall–Kier alpha value is -0.990. The van der Waals surface area contributed by atoms with Crippen LogP contribution in [0.3, 0.4) is 0 Å². The van der Waals surface area contributed by atoms with Crippen LogP contribution in [0, 0.1) is 28.6 Å². The van der Waals surface area contributed by atoms with E-state index in [1.165, 1.54) is 0 Å². The van der Waals surface area contributed by atoms with E-state index >= 15 is 0 Å². The average Bonchev–Trinajstić information content (AvgIpc) is 3.24. The number of hydrogen-bond acceptors (Lipinski definition) is 11. The lowest BCUT2D eigenvalue weighted by Crippen LogP contribution is -2.62. The maximum Gasteiger partial charge on any atom is 0.186 e. The van der Waals surface area contributed by atoms with Gasteiger partial charge in [-0.1, -0.05) is 13.8 Å². The van der Waals surface area contributed by atoms with Gasteiger partial charge in [0.05, 0.1) is 35.6 Å². The molecule has 4 fully saturated rings. The van der Waals surface area contributed by atoms with Gasteiger partial charge < -0.3 is 50.3 Å². The minimum Gasteiger partial charge on any atom is -0.394 e. The van der Waals surface area contributed by atoms with Crippen LogP contribution in [0.15, 0.2) is 11.6 Å². The molecule has 1 aliphatic heterocycles. The number of aliphatic hydroxyl groups excluding tert-OH is 5. The minimum absolute atomic E-state index is 0.0553. The number of ketones is 1. The van der Waals surface area contributed by atoms with E-state index in [0.29, 0.717) is 44.9 Å². The van der Waals surface area contributed by atoms with E-state index in [-0.39, 0.29) is 18.1 Å². The molecule has 0 radical (unpaired) electrons. The molecule has 0 aromatic rings. The Labute approximate surface area is 259 Å². The average molecular weight is 627 g/mol. The van der Waals surface area contributed by atoms with Crippen molar-refractivity contribution in [1.29, 1.82) is 0 Å². The Bertz CT molecular complexity index is 1120. The van der Waals surface area contributed by atoms with Crippen LogP contribution in [0.5, 0.6) is 0 Å². The maximum atomic E-state index is 13.8. The summed E-state index contributed by atoms with van der Waals surface area (Å²) in [5.41, 5.74) is -4.26.